The third-order valence-electron chi connectivity index (χ3n) is 2.42. The summed E-state index contributed by atoms with van der Waals surface area (Å²) in [6.07, 6.45) is 0. The molecule has 2 aromatic rings. The second-order valence-corrected chi connectivity index (χ2v) is 3.53. The van der Waals surface area contributed by atoms with E-state index in [0.717, 1.165) is 6.07 Å². The fourth-order valence-electron chi connectivity index (χ4n) is 1.63. The van der Waals surface area contributed by atoms with Crippen LogP contribution in [0.1, 0.15) is 17.4 Å². The van der Waals surface area contributed by atoms with Crippen LogP contribution in [0.15, 0.2) is 18.2 Å². The number of carboxylic acids is 1. The van der Waals surface area contributed by atoms with Gasteiger partial charge in [0, 0.05) is 18.2 Å². The average Bonchev–Trinajstić information content (AvgIpc) is 2.72. The van der Waals surface area contributed by atoms with Crippen LogP contribution in [-0.2, 0) is 6.54 Å². The van der Waals surface area contributed by atoms with Gasteiger partial charge in [-0.2, -0.15) is 0 Å². The number of rotatable bonds is 3. The summed E-state index contributed by atoms with van der Waals surface area (Å²) in [5.74, 6) is -2.90. The van der Waals surface area contributed by atoms with E-state index in [4.69, 9.17) is 5.11 Å². The molecular weight excluding hydrogens is 244 g/mol. The molecular formula is C11H9F2N3O2. The van der Waals surface area contributed by atoms with Gasteiger partial charge in [0.2, 0.25) is 0 Å². The molecule has 0 aliphatic heterocycles. The average molecular weight is 253 g/mol. The molecule has 18 heavy (non-hydrogen) atoms. The van der Waals surface area contributed by atoms with E-state index in [0.29, 0.717) is 12.6 Å². The molecule has 1 N–H and O–H groups in total. The zero-order valence-electron chi connectivity index (χ0n) is 9.39. The number of carboxylic acid groups (broad SMARTS) is 1. The predicted molar refractivity (Wildman–Crippen MR) is 58.0 cm³/mol. The first-order valence-electron chi connectivity index (χ1n) is 5.16. The second kappa shape index (κ2) is 4.52. The highest BCUT2D eigenvalue weighted by molar-refractivity contribution is 5.92. The molecule has 0 saturated heterocycles. The molecule has 0 spiro atoms. The van der Waals surface area contributed by atoms with E-state index in [1.165, 1.54) is 10.7 Å². The highest BCUT2D eigenvalue weighted by Crippen LogP contribution is 2.25. The topological polar surface area (TPSA) is 68.0 Å². The van der Waals surface area contributed by atoms with Gasteiger partial charge in [0.25, 0.3) is 0 Å². The van der Waals surface area contributed by atoms with Gasteiger partial charge in [-0.25, -0.2) is 18.3 Å². The fourth-order valence-corrected chi connectivity index (χ4v) is 1.63. The lowest BCUT2D eigenvalue weighted by atomic mass is 10.1. The van der Waals surface area contributed by atoms with Crippen molar-refractivity contribution in [3.63, 3.8) is 0 Å². The fraction of sp³-hybridized carbons (Fsp3) is 0.182. The van der Waals surface area contributed by atoms with Crippen molar-refractivity contribution in [3.8, 4) is 11.3 Å². The van der Waals surface area contributed by atoms with Crippen molar-refractivity contribution in [1.29, 1.82) is 0 Å². The van der Waals surface area contributed by atoms with Gasteiger partial charge >= 0.3 is 5.97 Å². The van der Waals surface area contributed by atoms with Crippen LogP contribution in [-0.4, -0.2) is 26.1 Å². The summed E-state index contributed by atoms with van der Waals surface area (Å²) in [6.45, 7) is 2.04. The first-order valence-corrected chi connectivity index (χ1v) is 5.16. The Morgan fingerprint density at radius 3 is 2.72 bits per heavy atom. The standard InChI is InChI=1S/C11H9F2N3O2/c1-2-16-10(9(11(17)18)14-15-16)7-4-3-6(12)5-8(7)13/h3-5H,2H2,1H3,(H,17,18). The quantitative estimate of drug-likeness (QED) is 0.907. The highest BCUT2D eigenvalue weighted by Gasteiger charge is 2.22. The van der Waals surface area contributed by atoms with Gasteiger partial charge in [-0.05, 0) is 19.1 Å². The van der Waals surface area contributed by atoms with E-state index in [-0.39, 0.29) is 17.0 Å². The number of hydrogen-bond donors (Lipinski definition) is 1. The van der Waals surface area contributed by atoms with Gasteiger partial charge in [-0.15, -0.1) is 5.10 Å². The number of halogens is 2. The first kappa shape index (κ1) is 12.2. The minimum atomic E-state index is -1.31. The van der Waals surface area contributed by atoms with Gasteiger partial charge in [0.1, 0.15) is 17.3 Å². The van der Waals surface area contributed by atoms with Crippen LogP contribution < -0.4 is 0 Å². The van der Waals surface area contributed by atoms with Crippen LogP contribution in [0.2, 0.25) is 0 Å². The molecule has 7 heteroatoms. The Morgan fingerprint density at radius 2 is 2.17 bits per heavy atom. The van der Waals surface area contributed by atoms with E-state index >= 15 is 0 Å². The van der Waals surface area contributed by atoms with E-state index in [9.17, 15) is 13.6 Å². The van der Waals surface area contributed by atoms with Crippen LogP contribution in [0, 0.1) is 11.6 Å². The monoisotopic (exact) mass is 253 g/mol. The zero-order valence-corrected chi connectivity index (χ0v) is 9.39. The third-order valence-corrected chi connectivity index (χ3v) is 2.42. The molecule has 0 fully saturated rings. The summed E-state index contributed by atoms with van der Waals surface area (Å²) >= 11 is 0. The van der Waals surface area contributed by atoms with E-state index in [1.807, 2.05) is 0 Å². The highest BCUT2D eigenvalue weighted by atomic mass is 19.1. The van der Waals surface area contributed by atoms with Gasteiger partial charge in [-0.1, -0.05) is 5.21 Å². The van der Waals surface area contributed by atoms with Crippen LogP contribution in [0.4, 0.5) is 8.78 Å². The van der Waals surface area contributed by atoms with Gasteiger partial charge < -0.3 is 5.11 Å². The minimum Gasteiger partial charge on any atom is -0.476 e. The lowest BCUT2D eigenvalue weighted by Gasteiger charge is -2.06. The molecule has 1 aromatic carbocycles. The van der Waals surface area contributed by atoms with Crippen molar-refractivity contribution < 1.29 is 18.7 Å². The summed E-state index contributed by atoms with van der Waals surface area (Å²) in [7, 11) is 0. The van der Waals surface area contributed by atoms with E-state index in [1.54, 1.807) is 6.92 Å². The van der Waals surface area contributed by atoms with Crippen molar-refractivity contribution >= 4 is 5.97 Å². The number of carbonyl (C=O) groups is 1. The van der Waals surface area contributed by atoms with Crippen molar-refractivity contribution in [2.45, 2.75) is 13.5 Å². The smallest absolute Gasteiger partial charge is 0.358 e. The van der Waals surface area contributed by atoms with E-state index in [2.05, 4.69) is 10.3 Å². The molecule has 0 atom stereocenters. The van der Waals surface area contributed by atoms with Crippen molar-refractivity contribution in [3.05, 3.63) is 35.5 Å². The molecule has 0 bridgehead atoms. The molecule has 0 amide bonds. The van der Waals surface area contributed by atoms with Gasteiger partial charge in [-0.3, -0.25) is 0 Å². The molecule has 94 valence electrons. The molecule has 1 aromatic heterocycles. The van der Waals surface area contributed by atoms with Gasteiger partial charge in [0.15, 0.2) is 5.69 Å². The van der Waals surface area contributed by atoms with Crippen LogP contribution >= 0.6 is 0 Å². The number of aromatic carboxylic acids is 1. The second-order valence-electron chi connectivity index (χ2n) is 3.53. The Bertz CT molecular complexity index is 610. The molecule has 0 aliphatic rings. The molecule has 0 saturated carbocycles. The van der Waals surface area contributed by atoms with Crippen molar-refractivity contribution in [2.24, 2.45) is 0 Å². The molecule has 0 aliphatic carbocycles. The van der Waals surface area contributed by atoms with Crippen LogP contribution in [0.3, 0.4) is 0 Å². The lowest BCUT2D eigenvalue weighted by Crippen LogP contribution is -2.04. The summed E-state index contributed by atoms with van der Waals surface area (Å²) in [5, 5.41) is 16.1. The molecule has 0 unspecified atom stereocenters. The summed E-state index contributed by atoms with van der Waals surface area (Å²) in [5.41, 5.74) is -0.370. The SMILES string of the molecule is CCn1nnc(C(=O)O)c1-c1ccc(F)cc1F. The molecule has 5 nitrogen and oxygen atoms in total. The normalized spacial score (nSPS) is 10.6. The lowest BCUT2D eigenvalue weighted by molar-refractivity contribution is 0.0691. The summed E-state index contributed by atoms with van der Waals surface area (Å²) in [4.78, 5) is 11.0. The molecule has 2 rings (SSSR count). The summed E-state index contributed by atoms with van der Waals surface area (Å²) < 4.78 is 27.8. The zero-order chi connectivity index (χ0) is 13.3. The van der Waals surface area contributed by atoms with Gasteiger partial charge in [0.05, 0.1) is 0 Å². The maximum absolute atomic E-state index is 13.7. The maximum atomic E-state index is 13.7. The Kier molecular flexibility index (Phi) is 3.05. The van der Waals surface area contributed by atoms with Crippen molar-refractivity contribution in [1.82, 2.24) is 15.0 Å². The molecule has 1 heterocycles. The third kappa shape index (κ3) is 1.94. The number of nitrogens with zero attached hydrogens (tertiary/aromatic N) is 3. The number of benzene rings is 1. The van der Waals surface area contributed by atoms with E-state index < -0.39 is 17.6 Å². The Labute approximate surface area is 101 Å². The predicted octanol–water partition coefficient (Wildman–Crippen LogP) is 1.94. The largest absolute Gasteiger partial charge is 0.476 e. The summed E-state index contributed by atoms with van der Waals surface area (Å²) in [6, 6.07) is 2.91. The van der Waals surface area contributed by atoms with Crippen LogP contribution in [0.5, 0.6) is 0 Å². The van der Waals surface area contributed by atoms with Crippen LogP contribution in [0.25, 0.3) is 11.3 Å². The first-order chi connectivity index (χ1) is 8.54. The minimum absolute atomic E-state index is 0.0301. The van der Waals surface area contributed by atoms with Crippen molar-refractivity contribution in [2.75, 3.05) is 0 Å². The Hall–Kier alpha value is -2.31. The molecule has 0 radical (unpaired) electrons. The Balaban J connectivity index is 2.68. The number of hydrogen-bond acceptors (Lipinski definition) is 3. The Morgan fingerprint density at radius 1 is 1.44 bits per heavy atom. The number of aromatic nitrogens is 3. The maximum Gasteiger partial charge on any atom is 0.358 e. The number of aryl methyl sites for hydroxylation is 1.